The first-order valence-electron chi connectivity index (χ1n) is 3.55. The summed E-state index contributed by atoms with van der Waals surface area (Å²) in [6.07, 6.45) is 0. The van der Waals surface area contributed by atoms with Crippen molar-refractivity contribution in [2.45, 2.75) is 6.92 Å². The van der Waals surface area contributed by atoms with E-state index in [1.807, 2.05) is 0 Å². The van der Waals surface area contributed by atoms with Gasteiger partial charge in [-0.1, -0.05) is 0 Å². The van der Waals surface area contributed by atoms with Crippen LogP contribution in [0.15, 0.2) is 12.1 Å². The zero-order valence-corrected chi connectivity index (χ0v) is 7.13. The van der Waals surface area contributed by atoms with Crippen molar-refractivity contribution in [1.82, 2.24) is 0 Å². The maximum absolute atomic E-state index is 11.1. The van der Waals surface area contributed by atoms with E-state index in [-0.39, 0.29) is 10.4 Å². The molecule has 0 bridgehead atoms. The number of hydrogen-bond acceptors (Lipinski definition) is 4. The Morgan fingerprint density at radius 1 is 1.57 bits per heavy atom. The monoisotopic (exact) mass is 198 g/mol. The Hall–Kier alpha value is -2.18. The molecule has 14 heavy (non-hydrogen) atoms. The van der Waals surface area contributed by atoms with Gasteiger partial charge in [0.25, 0.3) is 5.69 Å². The van der Waals surface area contributed by atoms with Crippen LogP contribution >= 0.6 is 0 Å². The minimum atomic E-state index is -1.49. The summed E-state index contributed by atoms with van der Waals surface area (Å²) in [5.74, 6) is -1.49. The first-order chi connectivity index (χ1) is 6.43. The van der Waals surface area contributed by atoms with Gasteiger partial charge in [0.2, 0.25) is 0 Å². The van der Waals surface area contributed by atoms with E-state index < -0.39 is 22.3 Å². The number of pyridine rings is 1. The van der Waals surface area contributed by atoms with E-state index in [4.69, 9.17) is 5.11 Å². The maximum Gasteiger partial charge on any atom is 0.402 e. The van der Waals surface area contributed by atoms with E-state index in [2.05, 4.69) is 0 Å². The molecule has 1 aromatic rings. The van der Waals surface area contributed by atoms with Gasteiger partial charge in [0.15, 0.2) is 5.69 Å². The Bertz CT molecular complexity index is 415. The smallest absolute Gasteiger partial charge is 0.402 e. The third-order valence-corrected chi connectivity index (χ3v) is 1.61. The predicted octanol–water partition coefficient (Wildman–Crippen LogP) is 0.235. The van der Waals surface area contributed by atoms with Gasteiger partial charge in [-0.05, 0) is 0 Å². The van der Waals surface area contributed by atoms with Gasteiger partial charge in [-0.3, -0.25) is 10.1 Å². The number of aromatic carboxylic acids is 1. The molecule has 0 aliphatic heterocycles. The fourth-order valence-corrected chi connectivity index (χ4v) is 0.957. The zero-order valence-electron chi connectivity index (χ0n) is 7.13. The second-order valence-corrected chi connectivity index (χ2v) is 2.60. The van der Waals surface area contributed by atoms with E-state index in [1.54, 1.807) is 0 Å². The summed E-state index contributed by atoms with van der Waals surface area (Å²) in [6.45, 7) is 1.30. The molecule has 1 N–H and O–H groups in total. The van der Waals surface area contributed by atoms with E-state index in [0.29, 0.717) is 0 Å². The number of rotatable bonds is 2. The lowest BCUT2D eigenvalue weighted by atomic mass is 10.2. The van der Waals surface area contributed by atoms with Crippen LogP contribution in [0.1, 0.15) is 16.2 Å². The molecule has 0 fully saturated rings. The highest BCUT2D eigenvalue weighted by molar-refractivity contribution is 5.84. The van der Waals surface area contributed by atoms with Crippen LogP contribution in [-0.2, 0) is 0 Å². The van der Waals surface area contributed by atoms with Crippen LogP contribution in [0, 0.1) is 22.2 Å². The Kier molecular flexibility index (Phi) is 2.32. The van der Waals surface area contributed by atoms with Gasteiger partial charge in [0.1, 0.15) is 0 Å². The SMILES string of the molecule is Cc1cc([N+](=O)[O-])cc(C(=O)O)[n+]1[O-]. The van der Waals surface area contributed by atoms with Gasteiger partial charge >= 0.3 is 11.7 Å². The van der Waals surface area contributed by atoms with Crippen molar-refractivity contribution in [3.63, 3.8) is 0 Å². The molecule has 0 unspecified atom stereocenters. The Morgan fingerprint density at radius 3 is 2.57 bits per heavy atom. The van der Waals surface area contributed by atoms with Crippen LogP contribution < -0.4 is 4.73 Å². The molecule has 0 spiro atoms. The number of nitro groups is 1. The maximum atomic E-state index is 11.1. The molecule has 1 rings (SSSR count). The number of carboxylic acids is 1. The lowest BCUT2D eigenvalue weighted by molar-refractivity contribution is -0.615. The molecule has 0 saturated heterocycles. The van der Waals surface area contributed by atoms with Crippen molar-refractivity contribution in [2.75, 3.05) is 0 Å². The van der Waals surface area contributed by atoms with Gasteiger partial charge in [0.05, 0.1) is 17.1 Å². The van der Waals surface area contributed by atoms with Gasteiger partial charge in [0, 0.05) is 6.92 Å². The Labute approximate surface area is 77.9 Å². The summed E-state index contributed by atoms with van der Waals surface area (Å²) in [7, 11) is 0. The number of aryl methyl sites for hydroxylation is 1. The van der Waals surface area contributed by atoms with Gasteiger partial charge in [-0.15, -0.1) is 0 Å². The standard InChI is InChI=1S/C7H6N2O5/c1-4-2-5(9(13)14)3-6(7(10)11)8(4)12/h2-3H,1H3,(H,10,11). The van der Waals surface area contributed by atoms with E-state index >= 15 is 0 Å². The quantitative estimate of drug-likeness (QED) is 0.317. The molecule has 0 aromatic carbocycles. The van der Waals surface area contributed by atoms with Gasteiger partial charge in [-0.2, -0.15) is 4.73 Å². The molecular formula is C7H6N2O5. The van der Waals surface area contributed by atoms with Crippen LogP contribution in [0.25, 0.3) is 0 Å². The van der Waals surface area contributed by atoms with Crippen LogP contribution in [0.3, 0.4) is 0 Å². The minimum Gasteiger partial charge on any atom is -0.618 e. The summed E-state index contributed by atoms with van der Waals surface area (Å²) in [5, 5.41) is 30.0. The second kappa shape index (κ2) is 3.29. The highest BCUT2D eigenvalue weighted by Gasteiger charge is 2.22. The average molecular weight is 198 g/mol. The first kappa shape index (κ1) is 9.90. The van der Waals surface area contributed by atoms with Crippen molar-refractivity contribution in [3.8, 4) is 0 Å². The number of carbonyl (C=O) groups is 1. The average Bonchev–Trinajstić information content (AvgIpc) is 2.08. The van der Waals surface area contributed by atoms with E-state index in [9.17, 15) is 20.1 Å². The Balaban J connectivity index is 3.43. The molecule has 7 nitrogen and oxygen atoms in total. The molecule has 0 aliphatic rings. The van der Waals surface area contributed by atoms with Crippen molar-refractivity contribution in [1.29, 1.82) is 0 Å². The normalized spacial score (nSPS) is 9.79. The molecule has 0 radical (unpaired) electrons. The van der Waals surface area contributed by atoms with Crippen LogP contribution in [-0.4, -0.2) is 16.0 Å². The van der Waals surface area contributed by atoms with E-state index in [0.717, 1.165) is 12.1 Å². The zero-order chi connectivity index (χ0) is 10.9. The molecule has 1 aromatic heterocycles. The molecule has 0 amide bonds. The molecule has 74 valence electrons. The topological polar surface area (TPSA) is 107 Å². The lowest BCUT2D eigenvalue weighted by Gasteiger charge is -2.02. The van der Waals surface area contributed by atoms with E-state index in [1.165, 1.54) is 6.92 Å². The largest absolute Gasteiger partial charge is 0.618 e. The van der Waals surface area contributed by atoms with Crippen molar-refractivity contribution in [3.05, 3.63) is 38.8 Å². The lowest BCUT2D eigenvalue weighted by Crippen LogP contribution is -2.37. The number of carboxylic acid groups (broad SMARTS) is 1. The molecule has 7 heteroatoms. The second-order valence-electron chi connectivity index (χ2n) is 2.60. The first-order valence-corrected chi connectivity index (χ1v) is 3.55. The van der Waals surface area contributed by atoms with Crippen molar-refractivity contribution in [2.24, 2.45) is 0 Å². The highest BCUT2D eigenvalue weighted by Crippen LogP contribution is 2.12. The summed E-state index contributed by atoms with van der Waals surface area (Å²) < 4.78 is 0.134. The van der Waals surface area contributed by atoms with Gasteiger partial charge < -0.3 is 10.3 Å². The number of hydrogen-bond donors (Lipinski definition) is 1. The third kappa shape index (κ3) is 1.60. The molecule has 0 aliphatic carbocycles. The molecule has 0 saturated carbocycles. The van der Waals surface area contributed by atoms with Crippen LogP contribution in [0.5, 0.6) is 0 Å². The van der Waals surface area contributed by atoms with Crippen LogP contribution in [0.2, 0.25) is 0 Å². The molecular weight excluding hydrogens is 192 g/mol. The Morgan fingerprint density at radius 2 is 2.14 bits per heavy atom. The summed E-state index contributed by atoms with van der Waals surface area (Å²) in [4.78, 5) is 20.1. The van der Waals surface area contributed by atoms with Crippen LogP contribution in [0.4, 0.5) is 5.69 Å². The minimum absolute atomic E-state index is 0.0309. The molecule has 0 atom stereocenters. The summed E-state index contributed by atoms with van der Waals surface area (Å²) in [6, 6.07) is 1.74. The molecule has 1 heterocycles. The fraction of sp³-hybridized carbons (Fsp3) is 0.143. The summed E-state index contributed by atoms with van der Waals surface area (Å²) in [5.41, 5.74) is -1.10. The van der Waals surface area contributed by atoms with Crippen molar-refractivity contribution >= 4 is 11.7 Å². The predicted molar refractivity (Wildman–Crippen MR) is 43.8 cm³/mol. The van der Waals surface area contributed by atoms with Crippen molar-refractivity contribution < 1.29 is 19.6 Å². The number of aromatic nitrogens is 1. The highest BCUT2D eigenvalue weighted by atomic mass is 16.6. The fourth-order valence-electron chi connectivity index (χ4n) is 0.957. The summed E-state index contributed by atoms with van der Waals surface area (Å²) >= 11 is 0. The third-order valence-electron chi connectivity index (χ3n) is 1.61. The number of nitrogens with zero attached hydrogens (tertiary/aromatic N) is 2. The van der Waals surface area contributed by atoms with Gasteiger partial charge in [-0.25, -0.2) is 4.79 Å².